The predicted octanol–water partition coefficient (Wildman–Crippen LogP) is 1.08. The summed E-state index contributed by atoms with van der Waals surface area (Å²) in [5.41, 5.74) is 12.8. The molecule has 0 radical (unpaired) electrons. The molecule has 0 aromatic heterocycles. The highest BCUT2D eigenvalue weighted by atomic mass is 35.5. The third-order valence-electron chi connectivity index (χ3n) is 1.98. The smallest absolute Gasteiger partial charge is 0.172 e. The summed E-state index contributed by atoms with van der Waals surface area (Å²) < 4.78 is 0. The van der Waals surface area contributed by atoms with Crippen LogP contribution in [0.5, 0.6) is 0 Å². The van der Waals surface area contributed by atoms with Gasteiger partial charge in [-0.05, 0) is 12.1 Å². The van der Waals surface area contributed by atoms with Crippen LogP contribution in [0, 0.1) is 0 Å². The van der Waals surface area contributed by atoms with Crippen LogP contribution in [0.1, 0.15) is 5.56 Å². The summed E-state index contributed by atoms with van der Waals surface area (Å²) in [7, 11) is 3.68. The SMILES string of the molecule is CN(C)c1cc(/C(N)=N/O)c(N)cc1Cl. The number of benzene rings is 1. The topological polar surface area (TPSA) is 87.9 Å². The monoisotopic (exact) mass is 228 g/mol. The number of oxime groups is 1. The first-order chi connectivity index (χ1) is 6.97. The number of hydrogen-bond acceptors (Lipinski definition) is 4. The molecule has 0 bridgehead atoms. The van der Waals surface area contributed by atoms with E-state index in [9.17, 15) is 0 Å². The Morgan fingerprint density at radius 1 is 1.47 bits per heavy atom. The van der Waals surface area contributed by atoms with E-state index in [2.05, 4.69) is 5.16 Å². The average Bonchev–Trinajstić information content (AvgIpc) is 2.16. The van der Waals surface area contributed by atoms with Crippen molar-refractivity contribution in [2.24, 2.45) is 10.9 Å². The highest BCUT2D eigenvalue weighted by molar-refractivity contribution is 6.33. The fraction of sp³-hybridized carbons (Fsp3) is 0.222. The Bertz CT molecular complexity index is 403. The molecule has 1 aromatic rings. The maximum absolute atomic E-state index is 8.57. The molecule has 0 amide bonds. The summed E-state index contributed by atoms with van der Waals surface area (Å²) in [5.74, 6) is -0.0349. The summed E-state index contributed by atoms with van der Waals surface area (Å²) in [5, 5.41) is 12.0. The number of nitrogens with zero attached hydrogens (tertiary/aromatic N) is 2. The van der Waals surface area contributed by atoms with Crippen LogP contribution in [0.15, 0.2) is 17.3 Å². The number of anilines is 2. The van der Waals surface area contributed by atoms with Crippen LogP contribution in [0.3, 0.4) is 0 Å². The predicted molar refractivity (Wildman–Crippen MR) is 62.7 cm³/mol. The first-order valence-electron chi connectivity index (χ1n) is 4.21. The van der Waals surface area contributed by atoms with Crippen molar-refractivity contribution in [1.82, 2.24) is 0 Å². The second-order valence-corrected chi connectivity index (χ2v) is 3.68. The van der Waals surface area contributed by atoms with E-state index in [1.165, 1.54) is 0 Å². The lowest BCUT2D eigenvalue weighted by Gasteiger charge is -2.16. The van der Waals surface area contributed by atoms with Crippen molar-refractivity contribution in [3.8, 4) is 0 Å². The van der Waals surface area contributed by atoms with Crippen molar-refractivity contribution in [1.29, 1.82) is 0 Å². The van der Waals surface area contributed by atoms with E-state index in [-0.39, 0.29) is 5.84 Å². The van der Waals surface area contributed by atoms with Gasteiger partial charge in [-0.1, -0.05) is 16.8 Å². The Kier molecular flexibility index (Phi) is 3.26. The van der Waals surface area contributed by atoms with Crippen molar-refractivity contribution in [2.75, 3.05) is 24.7 Å². The number of rotatable bonds is 2. The van der Waals surface area contributed by atoms with Gasteiger partial charge in [0.2, 0.25) is 0 Å². The number of nitrogen functional groups attached to an aromatic ring is 1. The van der Waals surface area contributed by atoms with Crippen molar-refractivity contribution < 1.29 is 5.21 Å². The molecule has 1 aromatic carbocycles. The molecule has 1 rings (SSSR count). The first-order valence-corrected chi connectivity index (χ1v) is 4.59. The van der Waals surface area contributed by atoms with E-state index >= 15 is 0 Å². The molecule has 6 heteroatoms. The normalized spacial score (nSPS) is 11.5. The van der Waals surface area contributed by atoms with Gasteiger partial charge in [-0.2, -0.15) is 0 Å². The summed E-state index contributed by atoms with van der Waals surface area (Å²) in [6.07, 6.45) is 0. The van der Waals surface area contributed by atoms with Crippen LogP contribution in [-0.4, -0.2) is 25.1 Å². The molecule has 0 atom stereocenters. The minimum absolute atomic E-state index is 0.0349. The lowest BCUT2D eigenvalue weighted by Crippen LogP contribution is -2.17. The Morgan fingerprint density at radius 2 is 2.07 bits per heavy atom. The second-order valence-electron chi connectivity index (χ2n) is 3.27. The third kappa shape index (κ3) is 2.24. The second kappa shape index (κ2) is 4.27. The largest absolute Gasteiger partial charge is 0.409 e. The molecular formula is C9H13ClN4O. The summed E-state index contributed by atoms with van der Waals surface area (Å²) in [6.45, 7) is 0. The maximum Gasteiger partial charge on any atom is 0.172 e. The number of hydrogen-bond donors (Lipinski definition) is 3. The standard InChI is InChI=1S/C9H13ClN4O/c1-14(2)8-3-5(9(12)13-15)7(11)4-6(8)10/h3-4,15H,11H2,1-2H3,(H2,12,13). The quantitative estimate of drug-likeness (QED) is 0.232. The molecular weight excluding hydrogens is 216 g/mol. The van der Waals surface area contributed by atoms with Gasteiger partial charge >= 0.3 is 0 Å². The van der Waals surface area contributed by atoms with E-state index in [0.717, 1.165) is 5.69 Å². The lowest BCUT2D eigenvalue weighted by molar-refractivity contribution is 0.318. The van der Waals surface area contributed by atoms with E-state index in [1.54, 1.807) is 12.1 Å². The lowest BCUT2D eigenvalue weighted by atomic mass is 10.1. The van der Waals surface area contributed by atoms with Crippen LogP contribution in [-0.2, 0) is 0 Å². The van der Waals surface area contributed by atoms with Crippen LogP contribution >= 0.6 is 11.6 Å². The molecule has 0 spiro atoms. The highest BCUT2D eigenvalue weighted by Crippen LogP contribution is 2.29. The zero-order valence-electron chi connectivity index (χ0n) is 8.53. The molecule has 0 saturated carbocycles. The average molecular weight is 229 g/mol. The van der Waals surface area contributed by atoms with Gasteiger partial charge in [-0.3, -0.25) is 0 Å². The van der Waals surface area contributed by atoms with Gasteiger partial charge in [0, 0.05) is 25.3 Å². The Hall–Kier alpha value is -1.62. The molecule has 0 aliphatic rings. The van der Waals surface area contributed by atoms with E-state index < -0.39 is 0 Å². The Labute approximate surface area is 92.9 Å². The van der Waals surface area contributed by atoms with E-state index in [0.29, 0.717) is 16.3 Å². The van der Waals surface area contributed by atoms with Crippen molar-refractivity contribution in [2.45, 2.75) is 0 Å². The van der Waals surface area contributed by atoms with Gasteiger partial charge in [-0.25, -0.2) is 0 Å². The van der Waals surface area contributed by atoms with Gasteiger partial charge in [0.15, 0.2) is 5.84 Å². The van der Waals surface area contributed by atoms with E-state index in [4.69, 9.17) is 28.3 Å². The third-order valence-corrected chi connectivity index (χ3v) is 2.29. The van der Waals surface area contributed by atoms with Gasteiger partial charge in [0.25, 0.3) is 0 Å². The molecule has 15 heavy (non-hydrogen) atoms. The Morgan fingerprint density at radius 3 is 2.53 bits per heavy atom. The van der Waals surface area contributed by atoms with Crippen LogP contribution in [0.2, 0.25) is 5.02 Å². The molecule has 0 heterocycles. The van der Waals surface area contributed by atoms with Crippen molar-refractivity contribution in [3.63, 3.8) is 0 Å². The first kappa shape index (κ1) is 11.5. The summed E-state index contributed by atoms with van der Waals surface area (Å²) in [6, 6.07) is 3.25. The molecule has 0 unspecified atom stereocenters. The highest BCUT2D eigenvalue weighted by Gasteiger charge is 2.11. The fourth-order valence-electron chi connectivity index (χ4n) is 1.20. The van der Waals surface area contributed by atoms with Crippen LogP contribution in [0.25, 0.3) is 0 Å². The molecule has 5 nitrogen and oxygen atoms in total. The summed E-state index contributed by atoms with van der Waals surface area (Å²) >= 11 is 5.98. The van der Waals surface area contributed by atoms with E-state index in [1.807, 2.05) is 19.0 Å². The van der Waals surface area contributed by atoms with Crippen molar-refractivity contribution >= 4 is 28.8 Å². The molecule has 0 fully saturated rings. The zero-order valence-corrected chi connectivity index (χ0v) is 9.28. The molecule has 0 aliphatic heterocycles. The molecule has 82 valence electrons. The van der Waals surface area contributed by atoms with Gasteiger partial charge in [0.1, 0.15) is 0 Å². The molecule has 0 saturated heterocycles. The molecule has 5 N–H and O–H groups in total. The number of halogens is 1. The Balaban J connectivity index is 3.36. The number of amidine groups is 1. The minimum atomic E-state index is -0.0349. The van der Waals surface area contributed by atoms with Gasteiger partial charge < -0.3 is 21.6 Å². The van der Waals surface area contributed by atoms with Crippen molar-refractivity contribution in [3.05, 3.63) is 22.7 Å². The van der Waals surface area contributed by atoms with Crippen LogP contribution in [0.4, 0.5) is 11.4 Å². The fourth-order valence-corrected chi connectivity index (χ4v) is 1.54. The maximum atomic E-state index is 8.57. The zero-order chi connectivity index (χ0) is 11.6. The summed E-state index contributed by atoms with van der Waals surface area (Å²) in [4.78, 5) is 1.82. The minimum Gasteiger partial charge on any atom is -0.409 e. The van der Waals surface area contributed by atoms with Crippen LogP contribution < -0.4 is 16.4 Å². The molecule has 0 aliphatic carbocycles. The van der Waals surface area contributed by atoms with Gasteiger partial charge in [0.05, 0.1) is 10.7 Å². The van der Waals surface area contributed by atoms with Gasteiger partial charge in [-0.15, -0.1) is 0 Å². The number of nitrogens with two attached hydrogens (primary N) is 2.